The van der Waals surface area contributed by atoms with E-state index in [4.69, 9.17) is 0 Å². The molecule has 0 aliphatic rings. The Morgan fingerprint density at radius 3 is 2.67 bits per heavy atom. The van der Waals surface area contributed by atoms with Gasteiger partial charge < -0.3 is 10.6 Å². The molecule has 1 aromatic heterocycles. The number of hydrogen-bond acceptors (Lipinski definition) is 3. The van der Waals surface area contributed by atoms with Crippen LogP contribution in [0.5, 0.6) is 0 Å². The second kappa shape index (κ2) is 6.00. The molecule has 2 N–H and O–H groups in total. The molecule has 0 bridgehead atoms. The molecule has 0 saturated heterocycles. The van der Waals surface area contributed by atoms with Gasteiger partial charge in [0.1, 0.15) is 0 Å². The van der Waals surface area contributed by atoms with Gasteiger partial charge in [-0.2, -0.15) is 5.10 Å². The summed E-state index contributed by atoms with van der Waals surface area (Å²) in [7, 11) is 1.89. The van der Waals surface area contributed by atoms with Crippen molar-refractivity contribution in [3.8, 4) is 0 Å². The van der Waals surface area contributed by atoms with Gasteiger partial charge in [-0.15, -0.1) is 0 Å². The molecule has 0 unspecified atom stereocenters. The zero-order chi connectivity index (χ0) is 13.8. The Labute approximate surface area is 109 Å². The summed E-state index contributed by atoms with van der Waals surface area (Å²) in [6.45, 7) is 9.06. The highest BCUT2D eigenvalue weighted by molar-refractivity contribution is 5.78. The topological polar surface area (TPSA) is 59.0 Å². The minimum absolute atomic E-state index is 0.0100. The largest absolute Gasteiger partial charge is 0.351 e. The first-order valence-corrected chi connectivity index (χ1v) is 6.35. The Kier molecular flexibility index (Phi) is 4.90. The van der Waals surface area contributed by atoms with Crippen LogP contribution in [0.1, 0.15) is 39.0 Å². The van der Waals surface area contributed by atoms with Gasteiger partial charge in [-0.1, -0.05) is 6.92 Å². The van der Waals surface area contributed by atoms with Crippen LogP contribution >= 0.6 is 0 Å². The maximum absolute atomic E-state index is 11.7. The number of aromatic nitrogens is 2. The Hall–Kier alpha value is -1.36. The SMILES string of the molecule is CCc1nn(C)cc1CNC(=O)CNC(C)(C)C. The molecule has 0 aliphatic carbocycles. The number of hydrogen-bond donors (Lipinski definition) is 2. The molecular weight excluding hydrogens is 228 g/mol. The summed E-state index contributed by atoms with van der Waals surface area (Å²) in [5.41, 5.74) is 2.09. The predicted octanol–water partition coefficient (Wildman–Crippen LogP) is 0.987. The van der Waals surface area contributed by atoms with Crippen molar-refractivity contribution < 1.29 is 4.79 Å². The van der Waals surface area contributed by atoms with Gasteiger partial charge in [-0.3, -0.25) is 9.48 Å². The van der Waals surface area contributed by atoms with Crippen LogP contribution in [0.15, 0.2) is 6.20 Å². The minimum atomic E-state index is -0.0414. The van der Waals surface area contributed by atoms with Crippen LogP contribution in [0, 0.1) is 0 Å². The maximum Gasteiger partial charge on any atom is 0.234 e. The van der Waals surface area contributed by atoms with Gasteiger partial charge in [0.15, 0.2) is 0 Å². The lowest BCUT2D eigenvalue weighted by atomic mass is 10.1. The average Bonchev–Trinajstić information content (AvgIpc) is 2.63. The third kappa shape index (κ3) is 4.87. The number of nitrogens with one attached hydrogen (secondary N) is 2. The van der Waals surface area contributed by atoms with E-state index in [2.05, 4.69) is 22.7 Å². The van der Waals surface area contributed by atoms with Crippen molar-refractivity contribution in [1.29, 1.82) is 0 Å². The zero-order valence-corrected chi connectivity index (χ0v) is 12.0. The van der Waals surface area contributed by atoms with E-state index in [9.17, 15) is 4.79 Å². The van der Waals surface area contributed by atoms with Crippen molar-refractivity contribution in [3.05, 3.63) is 17.5 Å². The second-order valence-electron chi connectivity index (χ2n) is 5.51. The first kappa shape index (κ1) is 14.7. The summed E-state index contributed by atoms with van der Waals surface area (Å²) in [6.07, 6.45) is 2.84. The van der Waals surface area contributed by atoms with Gasteiger partial charge in [-0.25, -0.2) is 0 Å². The Morgan fingerprint density at radius 1 is 1.44 bits per heavy atom. The monoisotopic (exact) mass is 252 g/mol. The van der Waals surface area contributed by atoms with Crippen molar-refractivity contribution in [1.82, 2.24) is 20.4 Å². The molecule has 1 heterocycles. The van der Waals surface area contributed by atoms with E-state index in [0.29, 0.717) is 13.1 Å². The van der Waals surface area contributed by atoms with Crippen LogP contribution in [0.3, 0.4) is 0 Å². The number of rotatable bonds is 5. The molecule has 0 aliphatic heterocycles. The summed E-state index contributed by atoms with van der Waals surface area (Å²) in [6, 6.07) is 0. The predicted molar refractivity (Wildman–Crippen MR) is 72.2 cm³/mol. The molecule has 0 saturated carbocycles. The normalized spacial score (nSPS) is 11.6. The smallest absolute Gasteiger partial charge is 0.234 e. The number of amides is 1. The molecule has 0 aromatic carbocycles. The van der Waals surface area contributed by atoms with E-state index in [0.717, 1.165) is 17.7 Å². The van der Waals surface area contributed by atoms with Crippen molar-refractivity contribution in [2.75, 3.05) is 6.54 Å². The maximum atomic E-state index is 11.7. The summed E-state index contributed by atoms with van der Waals surface area (Å²) in [4.78, 5) is 11.7. The van der Waals surface area contributed by atoms with Crippen LogP contribution < -0.4 is 10.6 Å². The lowest BCUT2D eigenvalue weighted by molar-refractivity contribution is -0.120. The summed E-state index contributed by atoms with van der Waals surface area (Å²) in [5, 5.41) is 10.4. The van der Waals surface area contributed by atoms with Crippen LogP contribution in [0.2, 0.25) is 0 Å². The summed E-state index contributed by atoms with van der Waals surface area (Å²) < 4.78 is 1.79. The molecule has 1 amide bonds. The summed E-state index contributed by atoms with van der Waals surface area (Å²) >= 11 is 0. The average molecular weight is 252 g/mol. The molecule has 1 rings (SSSR count). The Balaban J connectivity index is 2.42. The number of carbonyl (C=O) groups excluding carboxylic acids is 1. The highest BCUT2D eigenvalue weighted by Crippen LogP contribution is 2.06. The number of nitrogens with zero attached hydrogens (tertiary/aromatic N) is 2. The molecule has 0 fully saturated rings. The molecule has 18 heavy (non-hydrogen) atoms. The lowest BCUT2D eigenvalue weighted by Crippen LogP contribution is -2.43. The molecule has 0 atom stereocenters. The first-order chi connectivity index (χ1) is 8.31. The molecule has 102 valence electrons. The standard InChI is InChI=1S/C13H24N4O/c1-6-11-10(9-17(5)16-11)7-14-12(18)8-15-13(2,3)4/h9,15H,6-8H2,1-5H3,(H,14,18). The lowest BCUT2D eigenvalue weighted by Gasteiger charge is -2.19. The Morgan fingerprint density at radius 2 is 2.11 bits per heavy atom. The van der Waals surface area contributed by atoms with Crippen molar-refractivity contribution >= 4 is 5.91 Å². The van der Waals surface area contributed by atoms with Crippen molar-refractivity contribution in [3.63, 3.8) is 0 Å². The van der Waals surface area contributed by atoms with Crippen LogP contribution in [0.4, 0.5) is 0 Å². The molecule has 5 nitrogen and oxygen atoms in total. The quantitative estimate of drug-likeness (QED) is 0.821. The van der Waals surface area contributed by atoms with E-state index < -0.39 is 0 Å². The van der Waals surface area contributed by atoms with Gasteiger partial charge >= 0.3 is 0 Å². The minimum Gasteiger partial charge on any atom is -0.351 e. The van der Waals surface area contributed by atoms with Gasteiger partial charge in [0.2, 0.25) is 5.91 Å². The fourth-order valence-electron chi connectivity index (χ4n) is 1.63. The zero-order valence-electron chi connectivity index (χ0n) is 12.0. The van der Waals surface area contributed by atoms with Gasteiger partial charge in [-0.05, 0) is 27.2 Å². The number of aryl methyl sites for hydroxylation is 2. The first-order valence-electron chi connectivity index (χ1n) is 6.35. The van der Waals surface area contributed by atoms with E-state index in [-0.39, 0.29) is 11.4 Å². The highest BCUT2D eigenvalue weighted by atomic mass is 16.1. The summed E-state index contributed by atoms with van der Waals surface area (Å²) in [5.74, 6) is 0.0100. The van der Waals surface area contributed by atoms with Crippen molar-refractivity contribution in [2.24, 2.45) is 7.05 Å². The van der Waals surface area contributed by atoms with Crippen molar-refractivity contribution in [2.45, 2.75) is 46.2 Å². The fourth-order valence-corrected chi connectivity index (χ4v) is 1.63. The van der Waals surface area contributed by atoms with E-state index in [1.165, 1.54) is 0 Å². The Bertz CT molecular complexity index is 404. The highest BCUT2D eigenvalue weighted by Gasteiger charge is 2.12. The van der Waals surface area contributed by atoms with E-state index >= 15 is 0 Å². The van der Waals surface area contributed by atoms with Crippen LogP contribution in [-0.4, -0.2) is 27.8 Å². The second-order valence-corrected chi connectivity index (χ2v) is 5.51. The van der Waals surface area contributed by atoms with Gasteiger partial charge in [0.25, 0.3) is 0 Å². The molecule has 5 heteroatoms. The molecule has 0 spiro atoms. The molecular formula is C13H24N4O. The van der Waals surface area contributed by atoms with Gasteiger partial charge in [0, 0.05) is 30.9 Å². The number of carbonyl (C=O) groups is 1. The van der Waals surface area contributed by atoms with E-state index in [1.54, 1.807) is 4.68 Å². The van der Waals surface area contributed by atoms with Crippen LogP contribution in [-0.2, 0) is 24.8 Å². The molecule has 1 aromatic rings. The third-order valence-electron chi connectivity index (χ3n) is 2.58. The third-order valence-corrected chi connectivity index (χ3v) is 2.58. The van der Waals surface area contributed by atoms with E-state index in [1.807, 2.05) is 34.0 Å². The van der Waals surface area contributed by atoms with Crippen LogP contribution in [0.25, 0.3) is 0 Å². The molecule has 0 radical (unpaired) electrons. The fraction of sp³-hybridized carbons (Fsp3) is 0.692. The van der Waals surface area contributed by atoms with Gasteiger partial charge in [0.05, 0.1) is 12.2 Å².